The average molecular weight is 459 g/mol. The lowest BCUT2D eigenvalue weighted by atomic mass is 9.91. The van der Waals surface area contributed by atoms with Crippen LogP contribution >= 0.6 is 0 Å². The number of carbonyl (C=O) groups excluding carboxylic acids is 2. The number of carbonyl (C=O) groups is 2. The van der Waals surface area contributed by atoms with Gasteiger partial charge in [-0.2, -0.15) is 4.31 Å². The number of nitrogens with zero attached hydrogens (tertiary/aromatic N) is 2. The van der Waals surface area contributed by atoms with Crippen LogP contribution < -0.4 is 0 Å². The molecular weight excluding hydrogens is 428 g/mol. The van der Waals surface area contributed by atoms with Gasteiger partial charge in [-0.1, -0.05) is 0 Å². The fourth-order valence-corrected chi connectivity index (χ4v) is 6.38. The van der Waals surface area contributed by atoms with Crippen molar-refractivity contribution in [1.29, 1.82) is 0 Å². The minimum absolute atomic E-state index is 0.0995. The Kier molecular flexibility index (Phi) is 6.53. The summed E-state index contributed by atoms with van der Waals surface area (Å²) >= 11 is 0. The molecule has 8 heteroatoms. The SMILES string of the molecule is CCOC(=O)Cn1c(C)c(C(=O)c2ccc(S(=O)(=O)N3CCCC3)cc2)c2c1CCCC2. The topological polar surface area (TPSA) is 85.7 Å². The number of esters is 1. The molecule has 1 aromatic carbocycles. The fraction of sp³-hybridized carbons (Fsp3) is 0.500. The van der Waals surface area contributed by atoms with Crippen molar-refractivity contribution < 1.29 is 22.7 Å². The second kappa shape index (κ2) is 9.19. The van der Waals surface area contributed by atoms with Crippen LogP contribution in [0.4, 0.5) is 0 Å². The maximum absolute atomic E-state index is 13.5. The molecule has 172 valence electrons. The van der Waals surface area contributed by atoms with Gasteiger partial charge in [-0.25, -0.2) is 8.42 Å². The van der Waals surface area contributed by atoms with Gasteiger partial charge in [0.05, 0.1) is 11.5 Å². The Labute approximate surface area is 189 Å². The van der Waals surface area contributed by atoms with Crippen molar-refractivity contribution >= 4 is 21.8 Å². The summed E-state index contributed by atoms with van der Waals surface area (Å²) in [5.74, 6) is -0.442. The number of ether oxygens (including phenoxy) is 1. The Morgan fingerprint density at radius 1 is 1.00 bits per heavy atom. The third kappa shape index (κ3) is 4.13. The molecule has 0 atom stereocenters. The van der Waals surface area contributed by atoms with Gasteiger partial charge in [0, 0.05) is 35.6 Å². The van der Waals surface area contributed by atoms with Gasteiger partial charge in [0.15, 0.2) is 5.78 Å². The number of aromatic nitrogens is 1. The van der Waals surface area contributed by atoms with E-state index in [2.05, 4.69) is 0 Å². The number of ketones is 1. The fourth-order valence-electron chi connectivity index (χ4n) is 4.86. The summed E-state index contributed by atoms with van der Waals surface area (Å²) in [5.41, 5.74) is 3.91. The predicted molar refractivity (Wildman–Crippen MR) is 120 cm³/mol. The molecule has 0 spiro atoms. The first kappa shape index (κ1) is 22.7. The number of hydrogen-bond acceptors (Lipinski definition) is 5. The molecule has 0 N–H and O–H groups in total. The molecule has 2 aliphatic rings. The molecule has 32 heavy (non-hydrogen) atoms. The van der Waals surface area contributed by atoms with E-state index in [1.54, 1.807) is 19.1 Å². The van der Waals surface area contributed by atoms with E-state index in [1.807, 2.05) is 11.5 Å². The van der Waals surface area contributed by atoms with E-state index in [1.165, 1.54) is 16.4 Å². The van der Waals surface area contributed by atoms with Gasteiger partial charge in [-0.3, -0.25) is 9.59 Å². The average Bonchev–Trinajstić information content (AvgIpc) is 3.42. The van der Waals surface area contributed by atoms with Gasteiger partial charge in [-0.05, 0) is 82.2 Å². The van der Waals surface area contributed by atoms with Crippen molar-refractivity contribution in [3.05, 3.63) is 52.3 Å². The van der Waals surface area contributed by atoms with Gasteiger partial charge < -0.3 is 9.30 Å². The van der Waals surface area contributed by atoms with Crippen LogP contribution in [0.1, 0.15) is 65.5 Å². The van der Waals surface area contributed by atoms with Crippen molar-refractivity contribution in [2.45, 2.75) is 63.8 Å². The Bertz CT molecular complexity index is 1130. The van der Waals surface area contributed by atoms with E-state index in [4.69, 9.17) is 4.74 Å². The number of benzene rings is 1. The van der Waals surface area contributed by atoms with Crippen molar-refractivity contribution in [2.24, 2.45) is 0 Å². The van der Waals surface area contributed by atoms with Crippen molar-refractivity contribution in [2.75, 3.05) is 19.7 Å². The monoisotopic (exact) mass is 458 g/mol. The summed E-state index contributed by atoms with van der Waals surface area (Å²) in [6.45, 7) is 5.15. The summed E-state index contributed by atoms with van der Waals surface area (Å²) in [5, 5.41) is 0. The predicted octanol–water partition coefficient (Wildman–Crippen LogP) is 3.25. The first-order chi connectivity index (χ1) is 15.3. The number of hydrogen-bond donors (Lipinski definition) is 0. The minimum atomic E-state index is -3.52. The molecule has 1 saturated heterocycles. The lowest BCUT2D eigenvalue weighted by Crippen LogP contribution is -2.27. The third-order valence-electron chi connectivity index (χ3n) is 6.47. The van der Waals surface area contributed by atoms with Crippen LogP contribution in [-0.2, 0) is 38.9 Å². The lowest BCUT2D eigenvalue weighted by molar-refractivity contribution is -0.143. The Hall–Kier alpha value is -2.45. The number of fused-ring (bicyclic) bond motifs is 1. The quantitative estimate of drug-likeness (QED) is 0.470. The van der Waals surface area contributed by atoms with Gasteiger partial charge in [0.25, 0.3) is 0 Å². The van der Waals surface area contributed by atoms with Crippen molar-refractivity contribution in [3.63, 3.8) is 0 Å². The van der Waals surface area contributed by atoms with E-state index in [0.29, 0.717) is 30.8 Å². The lowest BCUT2D eigenvalue weighted by Gasteiger charge is -2.16. The summed E-state index contributed by atoms with van der Waals surface area (Å²) in [4.78, 5) is 25.9. The largest absolute Gasteiger partial charge is 0.465 e. The molecule has 7 nitrogen and oxygen atoms in total. The number of sulfonamides is 1. The van der Waals surface area contributed by atoms with Crippen LogP contribution in [0, 0.1) is 6.92 Å². The van der Waals surface area contributed by atoms with Gasteiger partial charge in [0.1, 0.15) is 6.54 Å². The summed E-state index contributed by atoms with van der Waals surface area (Å²) in [6.07, 6.45) is 5.41. The smallest absolute Gasteiger partial charge is 0.325 e. The van der Waals surface area contributed by atoms with E-state index < -0.39 is 10.0 Å². The Morgan fingerprint density at radius 2 is 1.66 bits per heavy atom. The molecule has 2 heterocycles. The maximum atomic E-state index is 13.5. The standard InChI is InChI=1S/C24H30N2O5S/c1-3-31-22(27)16-26-17(2)23(20-8-4-5-9-21(20)26)24(28)18-10-12-19(13-11-18)32(29,30)25-14-6-7-15-25/h10-13H,3-9,14-16H2,1-2H3. The molecule has 1 fully saturated rings. The highest BCUT2D eigenvalue weighted by atomic mass is 32.2. The van der Waals surface area contributed by atoms with Crippen LogP contribution in [0.2, 0.25) is 0 Å². The summed E-state index contributed by atoms with van der Waals surface area (Å²) in [7, 11) is -3.52. The number of rotatable bonds is 7. The van der Waals surface area contributed by atoms with E-state index >= 15 is 0 Å². The zero-order valence-corrected chi connectivity index (χ0v) is 19.5. The first-order valence-electron chi connectivity index (χ1n) is 11.4. The second-order valence-corrected chi connectivity index (χ2v) is 10.4. The zero-order valence-electron chi connectivity index (χ0n) is 18.7. The first-order valence-corrected chi connectivity index (χ1v) is 12.8. The van der Waals surface area contributed by atoms with E-state index in [9.17, 15) is 18.0 Å². The van der Waals surface area contributed by atoms with Crippen LogP contribution in [0.3, 0.4) is 0 Å². The van der Waals surface area contributed by atoms with Crippen LogP contribution in [-0.4, -0.2) is 48.7 Å². The zero-order chi connectivity index (χ0) is 22.9. The van der Waals surface area contributed by atoms with Gasteiger partial charge >= 0.3 is 5.97 Å². The molecule has 0 saturated carbocycles. The summed E-state index contributed by atoms with van der Waals surface area (Å²) < 4.78 is 34.1. The van der Waals surface area contributed by atoms with E-state index in [-0.39, 0.29) is 23.2 Å². The van der Waals surface area contributed by atoms with Crippen molar-refractivity contribution in [3.8, 4) is 0 Å². The molecule has 1 aliphatic carbocycles. The molecule has 1 aliphatic heterocycles. The second-order valence-electron chi connectivity index (χ2n) is 8.45. The highest BCUT2D eigenvalue weighted by Gasteiger charge is 2.30. The molecule has 0 bridgehead atoms. The van der Waals surface area contributed by atoms with E-state index in [0.717, 1.165) is 55.5 Å². The van der Waals surface area contributed by atoms with Crippen LogP contribution in [0.25, 0.3) is 0 Å². The maximum Gasteiger partial charge on any atom is 0.325 e. The highest BCUT2D eigenvalue weighted by molar-refractivity contribution is 7.89. The molecule has 0 radical (unpaired) electrons. The third-order valence-corrected chi connectivity index (χ3v) is 8.38. The van der Waals surface area contributed by atoms with Crippen molar-refractivity contribution in [1.82, 2.24) is 8.87 Å². The molecule has 4 rings (SSSR count). The van der Waals surface area contributed by atoms with Crippen LogP contribution in [0.5, 0.6) is 0 Å². The molecule has 1 aromatic heterocycles. The molecule has 0 unspecified atom stereocenters. The molecular formula is C24H30N2O5S. The normalized spacial score (nSPS) is 16.7. The van der Waals surface area contributed by atoms with Gasteiger partial charge in [-0.15, -0.1) is 0 Å². The highest BCUT2D eigenvalue weighted by Crippen LogP contribution is 2.32. The minimum Gasteiger partial charge on any atom is -0.465 e. The Balaban J connectivity index is 1.66. The summed E-state index contributed by atoms with van der Waals surface area (Å²) in [6, 6.07) is 6.25. The Morgan fingerprint density at radius 3 is 2.31 bits per heavy atom. The molecule has 2 aromatic rings. The van der Waals surface area contributed by atoms with Crippen LogP contribution in [0.15, 0.2) is 29.2 Å². The van der Waals surface area contributed by atoms with Gasteiger partial charge in [0.2, 0.25) is 10.0 Å². The molecule has 0 amide bonds.